The Bertz CT molecular complexity index is 1010. The summed E-state index contributed by atoms with van der Waals surface area (Å²) in [6, 6.07) is 13.0. The number of hydrogen-bond acceptors (Lipinski definition) is 6. The lowest BCUT2D eigenvalue weighted by Crippen LogP contribution is -2.31. The molecule has 2 aromatic rings. The molecule has 0 saturated carbocycles. The zero-order valence-corrected chi connectivity index (χ0v) is 17.4. The van der Waals surface area contributed by atoms with Gasteiger partial charge in [0.25, 0.3) is 5.91 Å². The lowest BCUT2D eigenvalue weighted by atomic mass is 9.94. The Balaban J connectivity index is 2.09. The molecule has 1 amide bonds. The maximum absolute atomic E-state index is 12.9. The second-order valence-corrected chi connectivity index (χ2v) is 7.14. The van der Waals surface area contributed by atoms with E-state index in [9.17, 15) is 19.5 Å². The summed E-state index contributed by atoms with van der Waals surface area (Å²) < 4.78 is 4.71. The molecular formula is C23H24N2O5. The fraction of sp³-hybridized carbons (Fsp3) is 0.261. The van der Waals surface area contributed by atoms with Gasteiger partial charge in [0.2, 0.25) is 0 Å². The van der Waals surface area contributed by atoms with E-state index >= 15 is 0 Å². The highest BCUT2D eigenvalue weighted by molar-refractivity contribution is 6.16. The average Bonchev–Trinajstić information content (AvgIpc) is 3.03. The molecule has 0 aromatic heterocycles. The van der Waals surface area contributed by atoms with Crippen LogP contribution >= 0.6 is 0 Å². The van der Waals surface area contributed by atoms with Crippen molar-refractivity contribution in [3.05, 3.63) is 71.0 Å². The number of nitrogens with zero attached hydrogens (tertiary/aromatic N) is 2. The van der Waals surface area contributed by atoms with Gasteiger partial charge in [0, 0.05) is 31.9 Å². The molecule has 1 heterocycles. The first-order chi connectivity index (χ1) is 14.3. The molecule has 1 aliphatic heterocycles. The van der Waals surface area contributed by atoms with Crippen molar-refractivity contribution in [2.45, 2.75) is 19.4 Å². The minimum atomic E-state index is -0.759. The highest BCUT2D eigenvalue weighted by Crippen LogP contribution is 2.41. The van der Waals surface area contributed by atoms with Gasteiger partial charge in [0.15, 0.2) is 11.5 Å². The molecule has 1 aliphatic rings. The fourth-order valence-electron chi connectivity index (χ4n) is 3.49. The van der Waals surface area contributed by atoms with Crippen molar-refractivity contribution in [3.63, 3.8) is 0 Å². The number of aliphatic hydroxyl groups is 1. The van der Waals surface area contributed by atoms with Crippen molar-refractivity contribution in [1.29, 1.82) is 0 Å². The smallest absolute Gasteiger partial charge is 0.337 e. The van der Waals surface area contributed by atoms with Crippen molar-refractivity contribution < 1.29 is 24.2 Å². The summed E-state index contributed by atoms with van der Waals surface area (Å²) >= 11 is 0. The molecule has 1 N–H and O–H groups in total. The Kier molecular flexibility index (Phi) is 5.91. The van der Waals surface area contributed by atoms with E-state index in [0.717, 1.165) is 5.69 Å². The van der Waals surface area contributed by atoms with Crippen LogP contribution in [0.5, 0.6) is 0 Å². The Morgan fingerprint density at radius 3 is 2.17 bits per heavy atom. The third-order valence-corrected chi connectivity index (χ3v) is 5.12. The first-order valence-corrected chi connectivity index (χ1v) is 9.55. The number of esters is 1. The number of hydrogen-bond donors (Lipinski definition) is 1. The van der Waals surface area contributed by atoms with Gasteiger partial charge in [-0.25, -0.2) is 4.79 Å². The normalized spacial score (nSPS) is 16.1. The van der Waals surface area contributed by atoms with Crippen LogP contribution < -0.4 is 9.80 Å². The maximum atomic E-state index is 12.9. The van der Waals surface area contributed by atoms with E-state index in [-0.39, 0.29) is 17.8 Å². The summed E-state index contributed by atoms with van der Waals surface area (Å²) in [6.45, 7) is 1.69. The number of methoxy groups -OCH3 is 1. The van der Waals surface area contributed by atoms with Crippen LogP contribution in [0.4, 0.5) is 11.4 Å². The third kappa shape index (κ3) is 3.66. The van der Waals surface area contributed by atoms with E-state index in [0.29, 0.717) is 16.8 Å². The van der Waals surface area contributed by atoms with Crippen molar-refractivity contribution in [2.75, 3.05) is 31.0 Å². The molecule has 1 atom stereocenters. The van der Waals surface area contributed by atoms with Crippen LogP contribution in [0.2, 0.25) is 0 Å². The molecule has 0 fully saturated rings. The number of carbonyl (C=O) groups is 3. The molecule has 2 aromatic carbocycles. The molecule has 0 radical (unpaired) electrons. The van der Waals surface area contributed by atoms with Gasteiger partial charge in [-0.1, -0.05) is 19.1 Å². The van der Waals surface area contributed by atoms with Crippen LogP contribution in [0.1, 0.15) is 35.3 Å². The van der Waals surface area contributed by atoms with Gasteiger partial charge in [-0.2, -0.15) is 0 Å². The topological polar surface area (TPSA) is 87.2 Å². The fourth-order valence-corrected chi connectivity index (χ4v) is 3.49. The second-order valence-electron chi connectivity index (χ2n) is 7.14. The standard InChI is InChI=1S/C23H24N2O5/c1-5-18(26)19-20(14-6-10-16(11-7-14)24(2)3)25(22(28)21(19)27)17-12-8-15(9-13-17)23(29)30-4/h6-13,20,27H,5H2,1-4H3. The highest BCUT2D eigenvalue weighted by atomic mass is 16.5. The monoisotopic (exact) mass is 408 g/mol. The van der Waals surface area contributed by atoms with E-state index in [4.69, 9.17) is 4.74 Å². The maximum Gasteiger partial charge on any atom is 0.337 e. The predicted molar refractivity (Wildman–Crippen MR) is 114 cm³/mol. The molecule has 0 aliphatic carbocycles. The van der Waals surface area contributed by atoms with Gasteiger partial charge in [0.05, 0.1) is 24.3 Å². The lowest BCUT2D eigenvalue weighted by Gasteiger charge is -2.27. The first-order valence-electron chi connectivity index (χ1n) is 9.55. The van der Waals surface area contributed by atoms with Crippen molar-refractivity contribution in [2.24, 2.45) is 0 Å². The number of aliphatic hydroxyl groups excluding tert-OH is 1. The molecule has 156 valence electrons. The van der Waals surface area contributed by atoms with Crippen LogP contribution in [-0.2, 0) is 14.3 Å². The quantitative estimate of drug-likeness (QED) is 0.737. The first kappa shape index (κ1) is 21.1. The predicted octanol–water partition coefficient (Wildman–Crippen LogP) is 3.42. The van der Waals surface area contributed by atoms with Crippen LogP contribution in [0.3, 0.4) is 0 Å². The van der Waals surface area contributed by atoms with Crippen LogP contribution in [0, 0.1) is 0 Å². The molecule has 1 unspecified atom stereocenters. The van der Waals surface area contributed by atoms with Gasteiger partial charge in [-0.3, -0.25) is 14.5 Å². The molecule has 0 spiro atoms. The number of benzene rings is 2. The van der Waals surface area contributed by atoms with Crippen LogP contribution in [-0.4, -0.2) is 44.0 Å². The molecule has 0 saturated heterocycles. The summed E-state index contributed by atoms with van der Waals surface area (Å²) in [7, 11) is 5.13. The largest absolute Gasteiger partial charge is 0.503 e. The zero-order chi connectivity index (χ0) is 22.0. The Hall–Kier alpha value is -3.61. The molecular weight excluding hydrogens is 384 g/mol. The van der Waals surface area contributed by atoms with Crippen molar-refractivity contribution >= 4 is 29.0 Å². The number of rotatable bonds is 6. The second kappa shape index (κ2) is 8.41. The summed E-state index contributed by atoms with van der Waals surface area (Å²) in [5, 5.41) is 10.5. The summed E-state index contributed by atoms with van der Waals surface area (Å²) in [4.78, 5) is 40.6. The summed E-state index contributed by atoms with van der Waals surface area (Å²) in [5.41, 5.74) is 2.54. The zero-order valence-electron chi connectivity index (χ0n) is 17.4. The Morgan fingerprint density at radius 2 is 1.67 bits per heavy atom. The molecule has 0 bridgehead atoms. The van der Waals surface area contributed by atoms with E-state index in [1.54, 1.807) is 19.1 Å². The molecule has 7 heteroatoms. The van der Waals surface area contributed by atoms with Gasteiger partial charge in [-0.05, 0) is 42.0 Å². The number of ether oxygens (including phenoxy) is 1. The molecule has 7 nitrogen and oxygen atoms in total. The van der Waals surface area contributed by atoms with Crippen molar-refractivity contribution in [3.8, 4) is 0 Å². The molecule has 30 heavy (non-hydrogen) atoms. The minimum absolute atomic E-state index is 0.0807. The summed E-state index contributed by atoms with van der Waals surface area (Å²) in [5.74, 6) is -1.98. The number of Topliss-reactive ketones (excluding diaryl/α,β-unsaturated/α-hetero) is 1. The number of anilines is 2. The number of ketones is 1. The Morgan fingerprint density at radius 1 is 1.07 bits per heavy atom. The van der Waals surface area contributed by atoms with E-state index < -0.39 is 23.7 Å². The van der Waals surface area contributed by atoms with Gasteiger partial charge < -0.3 is 14.7 Å². The van der Waals surface area contributed by atoms with Crippen LogP contribution in [0.25, 0.3) is 0 Å². The van der Waals surface area contributed by atoms with Gasteiger partial charge in [-0.15, -0.1) is 0 Å². The Labute approximate surface area is 175 Å². The number of amides is 1. The van der Waals surface area contributed by atoms with Crippen molar-refractivity contribution in [1.82, 2.24) is 0 Å². The summed E-state index contributed by atoms with van der Waals surface area (Å²) in [6.07, 6.45) is 0.161. The van der Waals surface area contributed by atoms with Gasteiger partial charge >= 0.3 is 5.97 Å². The number of carbonyl (C=O) groups excluding carboxylic acids is 3. The van der Waals surface area contributed by atoms with E-state index in [1.807, 2.05) is 43.3 Å². The average molecular weight is 408 g/mol. The third-order valence-electron chi connectivity index (χ3n) is 5.12. The lowest BCUT2D eigenvalue weighted by molar-refractivity contribution is -0.118. The SMILES string of the molecule is CCC(=O)C1=C(O)C(=O)N(c2ccc(C(=O)OC)cc2)C1c1ccc(N(C)C)cc1. The minimum Gasteiger partial charge on any atom is -0.503 e. The van der Waals surface area contributed by atoms with E-state index in [1.165, 1.54) is 24.1 Å². The molecule has 3 rings (SSSR count). The van der Waals surface area contributed by atoms with Gasteiger partial charge in [0.1, 0.15) is 0 Å². The van der Waals surface area contributed by atoms with E-state index in [2.05, 4.69) is 0 Å². The van der Waals surface area contributed by atoms with Crippen LogP contribution in [0.15, 0.2) is 59.9 Å². The highest BCUT2D eigenvalue weighted by Gasteiger charge is 2.43.